The molecule has 54 heavy (non-hydrogen) atoms. The van der Waals surface area contributed by atoms with E-state index in [1.165, 1.54) is 13.8 Å². The van der Waals surface area contributed by atoms with Gasteiger partial charge in [-0.1, -0.05) is 55.5 Å². The van der Waals surface area contributed by atoms with E-state index in [1.807, 2.05) is 55.5 Å². The molecule has 0 aliphatic heterocycles. The van der Waals surface area contributed by atoms with Gasteiger partial charge in [0.15, 0.2) is 23.8 Å². The molecule has 3 heterocycles. The summed E-state index contributed by atoms with van der Waals surface area (Å²) in [5.74, 6) is -0.509. The Bertz CT molecular complexity index is 2090. The van der Waals surface area contributed by atoms with Crippen LogP contribution in [0.4, 0.5) is 4.79 Å². The molecule has 0 radical (unpaired) electrons. The zero-order valence-corrected chi connectivity index (χ0v) is 30.3. The fraction of sp³-hybridized carbons (Fsp3) is 0.400. The molecule has 3 N–H and O–H groups in total. The summed E-state index contributed by atoms with van der Waals surface area (Å²) >= 11 is 0. The molecule has 2 aromatic carbocycles. The summed E-state index contributed by atoms with van der Waals surface area (Å²) in [6.45, 7) is 7.83. The van der Waals surface area contributed by atoms with E-state index in [4.69, 9.17) is 33.5 Å². The molecule has 0 saturated heterocycles. The average Bonchev–Trinajstić information content (AvgIpc) is 3.84. The molecule has 0 saturated carbocycles. The van der Waals surface area contributed by atoms with Gasteiger partial charge in [-0.3, -0.25) is 15.3 Å². The Morgan fingerprint density at radius 3 is 2.39 bits per heavy atom. The molecule has 0 aliphatic carbocycles. The maximum Gasteiger partial charge on any atom is 0.519 e. The number of carbonyl (C=O) groups is 2. The molecule has 0 fully saturated rings. The van der Waals surface area contributed by atoms with Gasteiger partial charge in [-0.05, 0) is 56.0 Å². The molecular weight excluding hydrogens is 710 g/mol. The van der Waals surface area contributed by atoms with Gasteiger partial charge in [-0.15, -0.1) is 15.0 Å². The minimum Gasteiger partial charge on any atom is -0.453 e. The molecule has 5 rings (SSSR count). The third-order valence-corrected chi connectivity index (χ3v) is 7.97. The van der Waals surface area contributed by atoms with Gasteiger partial charge in [0, 0.05) is 24.9 Å². The maximum atomic E-state index is 13.6. The summed E-state index contributed by atoms with van der Waals surface area (Å²) in [4.78, 5) is 47.4. The summed E-state index contributed by atoms with van der Waals surface area (Å²) in [6.07, 6.45) is -0.498. The van der Waals surface area contributed by atoms with Crippen LogP contribution in [-0.2, 0) is 44.2 Å². The second-order valence-corrected chi connectivity index (χ2v) is 12.6. The van der Waals surface area contributed by atoms with Crippen LogP contribution in [0.1, 0.15) is 85.9 Å². The van der Waals surface area contributed by atoms with Crippen molar-refractivity contribution in [1.82, 2.24) is 35.1 Å². The van der Waals surface area contributed by atoms with Gasteiger partial charge in [0.1, 0.15) is 17.1 Å². The first-order valence-corrected chi connectivity index (χ1v) is 17.0. The number of aryl methyl sites for hydroxylation is 2. The van der Waals surface area contributed by atoms with Gasteiger partial charge in [-0.25, -0.2) is 19.4 Å². The number of nitrogens with zero attached hydrogens (tertiary/aromatic N) is 7. The number of carbonyl (C=O) groups excluding carboxylic acids is 2. The van der Waals surface area contributed by atoms with Crippen LogP contribution in [0.5, 0.6) is 0 Å². The Morgan fingerprint density at radius 1 is 1.02 bits per heavy atom. The number of esters is 1. The van der Waals surface area contributed by atoms with E-state index in [0.717, 1.165) is 27.9 Å². The summed E-state index contributed by atoms with van der Waals surface area (Å²) < 4.78 is 27.3. The van der Waals surface area contributed by atoms with E-state index in [1.54, 1.807) is 18.4 Å². The van der Waals surface area contributed by atoms with Crippen LogP contribution in [0.15, 0.2) is 62.2 Å². The largest absolute Gasteiger partial charge is 0.519 e. The van der Waals surface area contributed by atoms with E-state index in [0.29, 0.717) is 17.8 Å². The Labute approximate surface area is 308 Å². The van der Waals surface area contributed by atoms with Crippen molar-refractivity contribution in [2.24, 2.45) is 0 Å². The standard InChI is InChI=1S/C35H41N7O12/c1-6-10-28-36-30(35(4,5)46)29(32(43)50-20-27-21(2)52-34(45)54-27)40(28)19-23-13-15-24(16-14-23)25-11-7-8-12-26(25)31-37-39-41(38-31)22(3)53-33(44)49-17-9-18-51-42(47)48/h7-8,11-16,22,46-48H,6,9-10,17-20H2,1-5H3. The van der Waals surface area contributed by atoms with Gasteiger partial charge >= 0.3 is 17.9 Å². The van der Waals surface area contributed by atoms with Crippen molar-refractivity contribution in [2.45, 2.75) is 78.9 Å². The van der Waals surface area contributed by atoms with Crippen LogP contribution >= 0.6 is 0 Å². The molecule has 288 valence electrons. The normalized spacial score (nSPS) is 12.2. The zero-order chi connectivity index (χ0) is 39.0. The van der Waals surface area contributed by atoms with Crippen molar-refractivity contribution in [1.29, 1.82) is 0 Å². The SMILES string of the molecule is CCCc1nc(C(C)(C)O)c(C(=O)OCc2oc(=O)oc2C)n1Cc1ccc(-c2ccccc2-c2nnn(C(C)OC(=O)OCCCON(O)O)n2)cc1. The molecule has 0 bridgehead atoms. The summed E-state index contributed by atoms with van der Waals surface area (Å²) in [7, 11) is 0. The Morgan fingerprint density at radius 2 is 1.74 bits per heavy atom. The minimum absolute atomic E-state index is 0.0785. The van der Waals surface area contributed by atoms with Gasteiger partial charge in [-0.2, -0.15) is 0 Å². The number of aliphatic hydroxyl groups is 1. The zero-order valence-electron chi connectivity index (χ0n) is 30.3. The average molecular weight is 752 g/mol. The van der Waals surface area contributed by atoms with Crippen LogP contribution in [-0.4, -0.2) is 76.0 Å². The Hall–Kier alpha value is -5.73. The number of ether oxygens (including phenoxy) is 3. The quantitative estimate of drug-likeness (QED) is 0.0661. The molecule has 3 aromatic heterocycles. The summed E-state index contributed by atoms with van der Waals surface area (Å²) in [6, 6.07) is 15.1. The Balaban J connectivity index is 1.33. The number of benzene rings is 2. The second-order valence-electron chi connectivity index (χ2n) is 12.6. The van der Waals surface area contributed by atoms with Crippen molar-refractivity contribution in [3.05, 3.63) is 93.4 Å². The lowest BCUT2D eigenvalue weighted by molar-refractivity contribution is -0.492. The molecule has 0 spiro atoms. The van der Waals surface area contributed by atoms with Crippen LogP contribution in [0.3, 0.4) is 0 Å². The first kappa shape index (κ1) is 39.5. The molecule has 1 unspecified atom stereocenters. The first-order chi connectivity index (χ1) is 25.7. The molecule has 1 atom stereocenters. The smallest absolute Gasteiger partial charge is 0.453 e. The van der Waals surface area contributed by atoms with Gasteiger partial charge in [0.25, 0.3) is 0 Å². The highest BCUT2D eigenvalue weighted by Gasteiger charge is 2.33. The molecular formula is C35H41N7O12. The van der Waals surface area contributed by atoms with E-state index in [-0.39, 0.29) is 61.5 Å². The van der Waals surface area contributed by atoms with Crippen LogP contribution < -0.4 is 5.82 Å². The van der Waals surface area contributed by atoms with Crippen molar-refractivity contribution in [3.63, 3.8) is 0 Å². The maximum absolute atomic E-state index is 13.6. The van der Waals surface area contributed by atoms with Gasteiger partial charge in [0.05, 0.1) is 18.6 Å². The van der Waals surface area contributed by atoms with Gasteiger partial charge < -0.3 is 32.7 Å². The number of hydrogen-bond acceptors (Lipinski definition) is 17. The highest BCUT2D eigenvalue weighted by molar-refractivity contribution is 5.89. The number of rotatable bonds is 17. The summed E-state index contributed by atoms with van der Waals surface area (Å²) in [5.41, 5.74) is 1.89. The predicted molar refractivity (Wildman–Crippen MR) is 183 cm³/mol. The van der Waals surface area contributed by atoms with Crippen molar-refractivity contribution < 1.29 is 53.0 Å². The van der Waals surface area contributed by atoms with E-state index in [2.05, 4.69) is 25.2 Å². The van der Waals surface area contributed by atoms with Crippen LogP contribution in [0.25, 0.3) is 22.5 Å². The van der Waals surface area contributed by atoms with Crippen LogP contribution in [0.2, 0.25) is 0 Å². The van der Waals surface area contributed by atoms with Crippen molar-refractivity contribution in [3.8, 4) is 22.5 Å². The number of imidazole rings is 1. The molecule has 5 aromatic rings. The lowest BCUT2D eigenvalue weighted by Crippen LogP contribution is -2.23. The summed E-state index contributed by atoms with van der Waals surface area (Å²) in [5, 5.41) is 40.3. The third kappa shape index (κ3) is 9.82. The fourth-order valence-electron chi connectivity index (χ4n) is 5.39. The van der Waals surface area contributed by atoms with Crippen LogP contribution in [0, 0.1) is 6.92 Å². The number of tetrazole rings is 1. The molecule has 19 nitrogen and oxygen atoms in total. The highest BCUT2D eigenvalue weighted by Crippen LogP contribution is 2.31. The second kappa shape index (κ2) is 17.4. The lowest BCUT2D eigenvalue weighted by Gasteiger charge is -2.17. The minimum atomic E-state index is -1.47. The highest BCUT2D eigenvalue weighted by atomic mass is 17.1. The van der Waals surface area contributed by atoms with Gasteiger partial charge in [0.2, 0.25) is 12.1 Å². The molecule has 0 aliphatic rings. The molecule has 0 amide bonds. The van der Waals surface area contributed by atoms with E-state index >= 15 is 0 Å². The number of hydrogen-bond donors (Lipinski definition) is 3. The van der Waals surface area contributed by atoms with E-state index < -0.39 is 35.2 Å². The number of aromatic nitrogens is 6. The monoisotopic (exact) mass is 751 g/mol. The Kier molecular flexibility index (Phi) is 12.7. The lowest BCUT2D eigenvalue weighted by atomic mass is 9.98. The third-order valence-electron chi connectivity index (χ3n) is 7.97. The molecule has 19 heteroatoms. The topological polar surface area (TPSA) is 240 Å². The van der Waals surface area contributed by atoms with Crippen molar-refractivity contribution >= 4 is 12.1 Å². The fourth-order valence-corrected chi connectivity index (χ4v) is 5.39. The predicted octanol–water partition coefficient (Wildman–Crippen LogP) is 4.72. The van der Waals surface area contributed by atoms with Crippen molar-refractivity contribution in [2.75, 3.05) is 13.2 Å². The first-order valence-electron chi connectivity index (χ1n) is 17.0. The van der Waals surface area contributed by atoms with E-state index in [9.17, 15) is 19.5 Å².